The van der Waals surface area contributed by atoms with Gasteiger partial charge in [-0.25, -0.2) is 12.7 Å². The second-order valence-electron chi connectivity index (χ2n) is 5.78. The second-order valence-corrected chi connectivity index (χ2v) is 7.72. The lowest BCUT2D eigenvalue weighted by Gasteiger charge is -2.24. The highest BCUT2D eigenvalue weighted by molar-refractivity contribution is 7.90. The molecule has 0 saturated carbocycles. The average molecular weight is 332 g/mol. The highest BCUT2D eigenvalue weighted by atomic mass is 32.2. The van der Waals surface area contributed by atoms with Gasteiger partial charge in [0, 0.05) is 6.61 Å². The fourth-order valence-electron chi connectivity index (χ4n) is 1.69. The van der Waals surface area contributed by atoms with E-state index in [1.165, 1.54) is 12.2 Å². The van der Waals surface area contributed by atoms with Gasteiger partial charge in [-0.15, -0.1) is 0 Å². The Bertz CT molecular complexity index is 505. The van der Waals surface area contributed by atoms with Crippen molar-refractivity contribution in [2.45, 2.75) is 40.2 Å². The molecule has 0 atom stereocenters. The Labute approximate surface area is 133 Å². The Kier molecular flexibility index (Phi) is 7.38. The van der Waals surface area contributed by atoms with Gasteiger partial charge in [-0.1, -0.05) is 13.8 Å². The molecule has 0 amide bonds. The van der Waals surface area contributed by atoms with Gasteiger partial charge in [0.05, 0.1) is 24.7 Å². The number of hydrogen-bond donors (Lipinski definition) is 1. The van der Waals surface area contributed by atoms with Gasteiger partial charge in [-0.05, 0) is 32.2 Å². The van der Waals surface area contributed by atoms with E-state index >= 15 is 0 Å². The zero-order valence-electron chi connectivity index (χ0n) is 13.6. The first-order valence-corrected chi connectivity index (χ1v) is 9.03. The molecule has 1 aliphatic heterocycles. The molecule has 1 rings (SSSR count). The van der Waals surface area contributed by atoms with Crippen LogP contribution in [0, 0.1) is 5.92 Å². The number of allylic oxidation sites excluding steroid dienone is 1. The normalized spacial score (nSPS) is 15.7. The number of ether oxygens (including phenoxy) is 2. The fraction of sp³-hybridized carbons (Fsp3) is 0.769. The monoisotopic (exact) mass is 332 g/mol. The molecule has 22 heavy (non-hydrogen) atoms. The summed E-state index contributed by atoms with van der Waals surface area (Å²) in [7, 11) is -5.09. The van der Waals surface area contributed by atoms with E-state index in [4.69, 9.17) is 9.47 Å². The summed E-state index contributed by atoms with van der Waals surface area (Å²) in [5, 5.41) is 13.7. The van der Waals surface area contributed by atoms with Crippen LogP contribution in [-0.4, -0.2) is 56.1 Å². The standard InChI is InChI=1S/C13H25BN2O5S/c1-11(2)5-6-20-7-8-22(18,19)16-14(17)9-13(10-15-16)21-12(3)4/h9-12,17H,5-8H2,1-4H3. The molecular weight excluding hydrogens is 307 g/mol. The van der Waals surface area contributed by atoms with Crippen LogP contribution < -0.4 is 0 Å². The summed E-state index contributed by atoms with van der Waals surface area (Å²) < 4.78 is 35.6. The Balaban J connectivity index is 2.50. The lowest BCUT2D eigenvalue weighted by Crippen LogP contribution is -2.43. The summed E-state index contributed by atoms with van der Waals surface area (Å²) >= 11 is 0. The van der Waals surface area contributed by atoms with Gasteiger partial charge in [0.2, 0.25) is 10.0 Å². The van der Waals surface area contributed by atoms with Gasteiger partial charge < -0.3 is 14.5 Å². The van der Waals surface area contributed by atoms with Gasteiger partial charge in [-0.2, -0.15) is 5.10 Å². The van der Waals surface area contributed by atoms with Crippen LogP contribution in [0.1, 0.15) is 34.1 Å². The van der Waals surface area contributed by atoms with E-state index in [1.807, 2.05) is 13.8 Å². The maximum absolute atomic E-state index is 12.1. The van der Waals surface area contributed by atoms with Crippen molar-refractivity contribution in [1.29, 1.82) is 0 Å². The van der Waals surface area contributed by atoms with Crippen molar-refractivity contribution < 1.29 is 22.9 Å². The quantitative estimate of drug-likeness (QED) is 0.503. The number of hydrazone groups is 1. The molecule has 0 aromatic rings. The summed E-state index contributed by atoms with van der Waals surface area (Å²) in [5.41, 5.74) is 0. The maximum atomic E-state index is 12.1. The molecule has 0 aromatic heterocycles. The summed E-state index contributed by atoms with van der Waals surface area (Å²) in [6.45, 7) is 8.40. The predicted molar refractivity (Wildman–Crippen MR) is 86.7 cm³/mol. The van der Waals surface area contributed by atoms with Crippen molar-refractivity contribution in [3.63, 3.8) is 0 Å². The van der Waals surface area contributed by atoms with Crippen LogP contribution in [0.25, 0.3) is 0 Å². The lowest BCUT2D eigenvalue weighted by molar-refractivity contribution is 0.137. The van der Waals surface area contributed by atoms with E-state index in [1.54, 1.807) is 0 Å². The van der Waals surface area contributed by atoms with Gasteiger partial charge >= 0.3 is 7.05 Å². The Morgan fingerprint density at radius 2 is 2.00 bits per heavy atom. The largest absolute Gasteiger partial charge is 0.490 e. The second kappa shape index (κ2) is 8.54. The first-order valence-electron chi connectivity index (χ1n) is 7.42. The van der Waals surface area contributed by atoms with Crippen LogP contribution in [0.2, 0.25) is 0 Å². The van der Waals surface area contributed by atoms with Gasteiger partial charge in [0.1, 0.15) is 5.76 Å². The maximum Gasteiger partial charge on any atom is 0.479 e. The first-order chi connectivity index (χ1) is 10.2. The molecule has 1 heterocycles. The average Bonchev–Trinajstić information content (AvgIpc) is 2.36. The molecule has 1 N–H and O–H groups in total. The van der Waals surface area contributed by atoms with Crippen LogP contribution in [0.3, 0.4) is 0 Å². The summed E-state index contributed by atoms with van der Waals surface area (Å²) in [4.78, 5) is 0. The lowest BCUT2D eigenvalue weighted by atomic mass is 9.84. The fourth-order valence-corrected chi connectivity index (χ4v) is 2.79. The molecule has 0 radical (unpaired) electrons. The summed E-state index contributed by atoms with van der Waals surface area (Å²) in [6.07, 6.45) is 2.08. The third-order valence-electron chi connectivity index (χ3n) is 2.82. The van der Waals surface area contributed by atoms with E-state index in [-0.39, 0.29) is 18.5 Å². The van der Waals surface area contributed by atoms with E-state index in [0.717, 1.165) is 6.42 Å². The van der Waals surface area contributed by atoms with E-state index < -0.39 is 17.1 Å². The molecule has 9 heteroatoms. The minimum absolute atomic E-state index is 0.0762. The van der Waals surface area contributed by atoms with E-state index in [2.05, 4.69) is 18.9 Å². The van der Waals surface area contributed by atoms with Crippen LogP contribution in [-0.2, 0) is 19.5 Å². The molecule has 1 aliphatic rings. The van der Waals surface area contributed by atoms with Crippen molar-refractivity contribution in [1.82, 2.24) is 4.33 Å². The third-order valence-corrected chi connectivity index (χ3v) is 4.38. The molecule has 0 spiro atoms. The number of hydrogen-bond acceptors (Lipinski definition) is 6. The molecule has 0 aromatic carbocycles. The zero-order valence-corrected chi connectivity index (χ0v) is 14.4. The molecule has 7 nitrogen and oxygen atoms in total. The molecule has 0 bridgehead atoms. The van der Waals surface area contributed by atoms with Gasteiger partial charge in [-0.3, -0.25) is 0 Å². The van der Waals surface area contributed by atoms with Crippen molar-refractivity contribution in [3.8, 4) is 0 Å². The van der Waals surface area contributed by atoms with Crippen LogP contribution in [0.15, 0.2) is 16.8 Å². The van der Waals surface area contributed by atoms with Crippen molar-refractivity contribution in [2.24, 2.45) is 11.0 Å². The number of rotatable bonds is 9. The predicted octanol–water partition coefficient (Wildman–Crippen LogP) is 1.01. The minimum atomic E-state index is -3.72. The summed E-state index contributed by atoms with van der Waals surface area (Å²) in [5.74, 6) is 1.94. The zero-order chi connectivity index (χ0) is 16.8. The molecule has 0 saturated heterocycles. The van der Waals surface area contributed by atoms with Crippen molar-refractivity contribution in [2.75, 3.05) is 19.0 Å². The smallest absolute Gasteiger partial charge is 0.479 e. The Morgan fingerprint density at radius 3 is 2.55 bits per heavy atom. The van der Waals surface area contributed by atoms with Crippen molar-refractivity contribution in [3.05, 3.63) is 11.7 Å². The highest BCUT2D eigenvalue weighted by Gasteiger charge is 2.33. The molecule has 0 unspecified atom stereocenters. The van der Waals surface area contributed by atoms with Crippen LogP contribution in [0.4, 0.5) is 0 Å². The van der Waals surface area contributed by atoms with Crippen molar-refractivity contribution >= 4 is 23.3 Å². The Hall–Kier alpha value is -1.06. The van der Waals surface area contributed by atoms with E-state index in [9.17, 15) is 13.4 Å². The number of sulfonamides is 1. The van der Waals surface area contributed by atoms with Gasteiger partial charge in [0.25, 0.3) is 0 Å². The van der Waals surface area contributed by atoms with E-state index in [0.29, 0.717) is 22.6 Å². The number of nitrogens with zero attached hydrogens (tertiary/aromatic N) is 2. The molecule has 0 aliphatic carbocycles. The topological polar surface area (TPSA) is 88.4 Å². The minimum Gasteiger partial charge on any atom is -0.490 e. The summed E-state index contributed by atoms with van der Waals surface area (Å²) in [6, 6.07) is 0. The first kappa shape index (κ1) is 19.0. The van der Waals surface area contributed by atoms with Crippen LogP contribution in [0.5, 0.6) is 0 Å². The molecule has 0 fully saturated rings. The molecular formula is C13H25BN2O5S. The SMILES string of the molecule is CC(C)CCOCCS(=O)(=O)N1N=CC(OC(C)C)=CB1O. The third kappa shape index (κ3) is 6.37. The highest BCUT2D eigenvalue weighted by Crippen LogP contribution is 2.13. The van der Waals surface area contributed by atoms with Crippen LogP contribution >= 0.6 is 0 Å². The van der Waals surface area contributed by atoms with Gasteiger partial charge in [0.15, 0.2) is 0 Å². The Morgan fingerprint density at radius 1 is 1.32 bits per heavy atom. The molecule has 126 valence electrons.